The zero-order chi connectivity index (χ0) is 29.7. The van der Waals surface area contributed by atoms with Crippen molar-refractivity contribution in [3.8, 4) is 22.6 Å². The number of benzene rings is 2. The van der Waals surface area contributed by atoms with Crippen molar-refractivity contribution in [2.75, 3.05) is 26.7 Å². The van der Waals surface area contributed by atoms with Gasteiger partial charge in [0.25, 0.3) is 0 Å². The number of carbonyl (C=O) groups excluding carboxylic acids is 3. The molecule has 0 unspecified atom stereocenters. The first-order valence-corrected chi connectivity index (χ1v) is 13.9. The van der Waals surface area contributed by atoms with Crippen LogP contribution < -0.4 is 27.4 Å². The van der Waals surface area contributed by atoms with Crippen LogP contribution in [-0.4, -0.2) is 94.9 Å². The van der Waals surface area contributed by atoms with Crippen LogP contribution >= 0.6 is 0 Å². The van der Waals surface area contributed by atoms with Crippen molar-refractivity contribution in [2.24, 2.45) is 11.5 Å². The van der Waals surface area contributed by atoms with E-state index in [0.29, 0.717) is 22.3 Å². The molecule has 3 amide bonds. The van der Waals surface area contributed by atoms with Gasteiger partial charge < -0.3 is 47.6 Å². The molecule has 4 rings (SSSR count). The van der Waals surface area contributed by atoms with Gasteiger partial charge in [-0.15, -0.1) is 0 Å². The average Bonchev–Trinajstić information content (AvgIpc) is 2.96. The largest absolute Gasteiger partial charge is 0.508 e. The molecule has 2 aromatic carbocycles. The lowest BCUT2D eigenvalue weighted by atomic mass is 9.95. The minimum Gasteiger partial charge on any atom is -0.508 e. The van der Waals surface area contributed by atoms with Crippen LogP contribution in [0.2, 0.25) is 0 Å². The third-order valence-corrected chi connectivity index (χ3v) is 7.88. The lowest BCUT2D eigenvalue weighted by molar-refractivity contribution is -0.142. The van der Waals surface area contributed by atoms with Crippen molar-refractivity contribution < 1.29 is 29.7 Å². The topological polar surface area (TPSA) is 203 Å². The molecular formula is C29H40N6O6. The van der Waals surface area contributed by atoms with Crippen LogP contribution in [0.1, 0.15) is 30.4 Å². The number of aromatic hydroxyl groups is 2. The molecule has 41 heavy (non-hydrogen) atoms. The Kier molecular flexibility index (Phi) is 9.81. The Morgan fingerprint density at radius 1 is 1.05 bits per heavy atom. The summed E-state index contributed by atoms with van der Waals surface area (Å²) in [6, 6.07) is 6.45. The lowest BCUT2D eigenvalue weighted by Crippen LogP contribution is -2.58. The van der Waals surface area contributed by atoms with Gasteiger partial charge in [-0.1, -0.05) is 12.1 Å². The van der Waals surface area contributed by atoms with E-state index >= 15 is 0 Å². The molecule has 1 fully saturated rings. The van der Waals surface area contributed by atoms with Crippen LogP contribution in [0.15, 0.2) is 36.4 Å². The molecule has 2 heterocycles. The number of rotatable bonds is 5. The highest BCUT2D eigenvalue weighted by molar-refractivity contribution is 5.93. The Balaban J connectivity index is 1.78. The molecule has 0 radical (unpaired) electrons. The van der Waals surface area contributed by atoms with Gasteiger partial charge in [0.05, 0.1) is 12.1 Å². The number of piperidine rings is 1. The zero-order valence-corrected chi connectivity index (χ0v) is 23.2. The number of carbonyl (C=O) groups is 3. The summed E-state index contributed by atoms with van der Waals surface area (Å²) < 4.78 is 0. The molecule has 0 saturated carbocycles. The fraction of sp³-hybridized carbons (Fsp3) is 0.483. The minimum absolute atomic E-state index is 0.0106. The van der Waals surface area contributed by atoms with Gasteiger partial charge in [0.2, 0.25) is 17.7 Å². The van der Waals surface area contributed by atoms with Crippen molar-refractivity contribution in [3.05, 3.63) is 47.5 Å². The van der Waals surface area contributed by atoms with E-state index in [4.69, 9.17) is 11.5 Å². The zero-order valence-electron chi connectivity index (χ0n) is 23.2. The van der Waals surface area contributed by atoms with E-state index in [9.17, 15) is 29.7 Å². The average molecular weight is 569 g/mol. The number of aliphatic hydroxyl groups excluding tert-OH is 1. The van der Waals surface area contributed by atoms with Gasteiger partial charge >= 0.3 is 0 Å². The van der Waals surface area contributed by atoms with Crippen molar-refractivity contribution in [1.29, 1.82) is 0 Å². The number of aliphatic hydroxyl groups is 1. The maximum atomic E-state index is 13.8. The maximum absolute atomic E-state index is 13.8. The summed E-state index contributed by atoms with van der Waals surface area (Å²) >= 11 is 0. The number of phenols is 2. The predicted molar refractivity (Wildman–Crippen MR) is 153 cm³/mol. The molecule has 2 aliphatic rings. The summed E-state index contributed by atoms with van der Waals surface area (Å²) in [5.74, 6) is -1.74. The number of phenolic OH excluding ortho intramolecular Hbond substituents is 2. The van der Waals surface area contributed by atoms with E-state index in [0.717, 1.165) is 25.9 Å². The summed E-state index contributed by atoms with van der Waals surface area (Å²) in [7, 11) is 1.46. The number of hydrogen-bond donors (Lipinski definition) is 8. The van der Waals surface area contributed by atoms with E-state index in [1.807, 2.05) is 0 Å². The number of nitrogens with two attached hydrogens (primary N) is 2. The summed E-state index contributed by atoms with van der Waals surface area (Å²) in [5, 5.41) is 40.5. The standard InChI is InChI=1S/C29H40N6O6/c1-35-24(28(40)33-20-6-8-32-9-7-20)13-19-11-17(3-5-26(19)38)16-2-4-25(37)18(10-16)12-22(31)27(39)34-23(29(35)41)14-21(36)15-30/h2-5,10-11,20-24,32,36-38H,6-9,12-15,30-31H2,1H3,(H,33,40)(H,34,39)/t21-,22-,23-,24-/m0/s1. The molecule has 10 N–H and O–H groups in total. The SMILES string of the molecule is CN1C(=O)[C@H](C[C@H](O)CN)NC(=O)[C@@H](N)Cc2cc(ccc2O)-c2ccc(O)c(c2)C[C@H]1C(=O)NC1CCNCC1. The van der Waals surface area contributed by atoms with E-state index in [-0.39, 0.29) is 43.3 Å². The summed E-state index contributed by atoms with van der Waals surface area (Å²) in [6.07, 6.45) is 0.150. The maximum Gasteiger partial charge on any atom is 0.245 e. The summed E-state index contributed by atoms with van der Waals surface area (Å²) in [6.45, 7) is 1.37. The highest BCUT2D eigenvalue weighted by atomic mass is 16.3. The number of fused-ring (bicyclic) bond motifs is 5. The van der Waals surface area contributed by atoms with Gasteiger partial charge in [0, 0.05) is 38.9 Å². The Morgan fingerprint density at radius 3 is 2.22 bits per heavy atom. The summed E-state index contributed by atoms with van der Waals surface area (Å²) in [4.78, 5) is 41.9. The molecule has 0 aromatic heterocycles. The molecule has 12 heteroatoms. The molecule has 0 aliphatic carbocycles. The number of amides is 3. The molecule has 2 aromatic rings. The number of nitrogens with one attached hydrogen (secondary N) is 3. The third kappa shape index (κ3) is 7.33. The van der Waals surface area contributed by atoms with Crippen LogP contribution in [-0.2, 0) is 27.2 Å². The molecule has 222 valence electrons. The minimum atomic E-state index is -1.23. The Labute approximate surface area is 239 Å². The van der Waals surface area contributed by atoms with Crippen molar-refractivity contribution >= 4 is 17.7 Å². The van der Waals surface area contributed by atoms with Gasteiger partial charge in [-0.05, 0) is 72.5 Å². The summed E-state index contributed by atoms with van der Waals surface area (Å²) in [5.41, 5.74) is 14.1. The second-order valence-electron chi connectivity index (χ2n) is 10.9. The quantitative estimate of drug-likeness (QED) is 0.224. The van der Waals surface area contributed by atoms with Crippen molar-refractivity contribution in [1.82, 2.24) is 20.9 Å². The monoisotopic (exact) mass is 568 g/mol. The first-order chi connectivity index (χ1) is 19.6. The fourth-order valence-corrected chi connectivity index (χ4v) is 5.33. The van der Waals surface area contributed by atoms with E-state index in [2.05, 4.69) is 16.0 Å². The normalized spacial score (nSPS) is 23.2. The second kappa shape index (κ2) is 13.3. The third-order valence-electron chi connectivity index (χ3n) is 7.88. The van der Waals surface area contributed by atoms with Gasteiger partial charge in [-0.2, -0.15) is 0 Å². The van der Waals surface area contributed by atoms with Gasteiger partial charge in [0.15, 0.2) is 0 Å². The first kappa shape index (κ1) is 30.3. The molecular weight excluding hydrogens is 528 g/mol. The Morgan fingerprint density at radius 2 is 1.63 bits per heavy atom. The predicted octanol–water partition coefficient (Wildman–Crippen LogP) is -0.920. The highest BCUT2D eigenvalue weighted by Crippen LogP contribution is 2.31. The Bertz CT molecular complexity index is 1270. The molecule has 4 bridgehead atoms. The molecule has 12 nitrogen and oxygen atoms in total. The van der Waals surface area contributed by atoms with Gasteiger partial charge in [-0.25, -0.2) is 0 Å². The number of likely N-dealkylation sites (N-methyl/N-ethyl adjacent to an activating group) is 1. The Hall–Kier alpha value is -3.71. The van der Waals surface area contributed by atoms with Crippen molar-refractivity contribution in [2.45, 2.75) is 62.4 Å². The first-order valence-electron chi connectivity index (χ1n) is 13.9. The van der Waals surface area contributed by atoms with Crippen LogP contribution in [0, 0.1) is 0 Å². The van der Waals surface area contributed by atoms with E-state index < -0.39 is 42.0 Å². The number of nitrogens with zero attached hydrogens (tertiary/aromatic N) is 1. The number of hydrogen-bond acceptors (Lipinski definition) is 9. The van der Waals surface area contributed by atoms with E-state index in [1.54, 1.807) is 24.3 Å². The van der Waals surface area contributed by atoms with Crippen LogP contribution in [0.25, 0.3) is 11.1 Å². The molecule has 1 saturated heterocycles. The molecule has 4 atom stereocenters. The van der Waals surface area contributed by atoms with Crippen LogP contribution in [0.5, 0.6) is 11.5 Å². The van der Waals surface area contributed by atoms with Crippen LogP contribution in [0.4, 0.5) is 0 Å². The lowest BCUT2D eigenvalue weighted by Gasteiger charge is -2.33. The second-order valence-corrected chi connectivity index (χ2v) is 10.9. The fourth-order valence-electron chi connectivity index (χ4n) is 5.33. The van der Waals surface area contributed by atoms with Crippen molar-refractivity contribution in [3.63, 3.8) is 0 Å². The van der Waals surface area contributed by atoms with Gasteiger partial charge in [0.1, 0.15) is 23.6 Å². The van der Waals surface area contributed by atoms with Crippen LogP contribution in [0.3, 0.4) is 0 Å². The van der Waals surface area contributed by atoms with E-state index in [1.165, 1.54) is 24.1 Å². The van der Waals surface area contributed by atoms with Gasteiger partial charge in [-0.3, -0.25) is 14.4 Å². The molecule has 2 aliphatic heterocycles. The highest BCUT2D eigenvalue weighted by Gasteiger charge is 2.35. The molecule has 0 spiro atoms. The smallest absolute Gasteiger partial charge is 0.245 e.